The van der Waals surface area contributed by atoms with Crippen molar-refractivity contribution in [3.63, 3.8) is 0 Å². The number of H-pyrrole nitrogens is 1. The first-order chi connectivity index (χ1) is 12.7. The molecular weight excluding hydrogens is 326 g/mol. The first-order valence-corrected chi connectivity index (χ1v) is 9.06. The van der Waals surface area contributed by atoms with Crippen molar-refractivity contribution in [1.29, 1.82) is 0 Å². The van der Waals surface area contributed by atoms with E-state index in [1.165, 1.54) is 10.6 Å². The summed E-state index contributed by atoms with van der Waals surface area (Å²) < 4.78 is 5.22. The van der Waals surface area contributed by atoms with Gasteiger partial charge in [-0.1, -0.05) is 18.2 Å². The molecular formula is C21H24N3O2+. The fourth-order valence-corrected chi connectivity index (χ4v) is 3.68. The zero-order valence-corrected chi connectivity index (χ0v) is 15.0. The van der Waals surface area contributed by atoms with Crippen LogP contribution in [0, 0.1) is 0 Å². The summed E-state index contributed by atoms with van der Waals surface area (Å²) in [6.07, 6.45) is 1.85. The third-order valence-electron chi connectivity index (χ3n) is 5.21. The number of aromatic amines is 1. The summed E-state index contributed by atoms with van der Waals surface area (Å²) in [5.41, 5.74) is 3.05. The van der Waals surface area contributed by atoms with Gasteiger partial charge in [-0.25, -0.2) is 0 Å². The molecule has 0 unspecified atom stereocenters. The molecule has 5 nitrogen and oxygen atoms in total. The number of quaternary nitrogens is 1. The quantitative estimate of drug-likeness (QED) is 0.690. The van der Waals surface area contributed by atoms with Crippen molar-refractivity contribution in [2.45, 2.75) is 0 Å². The number of Topliss-reactive ketones (excluding diaryl/α,β-unsaturated/α-hetero) is 1. The molecule has 0 aliphatic carbocycles. The lowest BCUT2D eigenvalue weighted by Crippen LogP contribution is -3.15. The van der Waals surface area contributed by atoms with Crippen molar-refractivity contribution >= 4 is 22.4 Å². The highest BCUT2D eigenvalue weighted by Gasteiger charge is 2.24. The monoisotopic (exact) mass is 350 g/mol. The molecule has 1 fully saturated rings. The predicted molar refractivity (Wildman–Crippen MR) is 103 cm³/mol. The van der Waals surface area contributed by atoms with E-state index in [0.29, 0.717) is 6.54 Å². The third kappa shape index (κ3) is 3.30. The lowest BCUT2D eigenvalue weighted by Gasteiger charge is -2.33. The van der Waals surface area contributed by atoms with Crippen molar-refractivity contribution in [3.8, 4) is 5.75 Å². The number of anilines is 1. The van der Waals surface area contributed by atoms with Crippen LogP contribution in [0.2, 0.25) is 0 Å². The van der Waals surface area contributed by atoms with Gasteiger partial charge in [-0.15, -0.1) is 0 Å². The molecule has 2 N–H and O–H groups in total. The third-order valence-corrected chi connectivity index (χ3v) is 5.21. The Labute approximate surface area is 153 Å². The molecule has 5 heteroatoms. The number of piperazine rings is 1. The lowest BCUT2D eigenvalue weighted by molar-refractivity contribution is -0.892. The van der Waals surface area contributed by atoms with Gasteiger partial charge in [0.1, 0.15) is 12.3 Å². The van der Waals surface area contributed by atoms with E-state index in [9.17, 15) is 4.79 Å². The second-order valence-corrected chi connectivity index (χ2v) is 6.78. The predicted octanol–water partition coefficient (Wildman–Crippen LogP) is 1.76. The first kappa shape index (κ1) is 16.7. The van der Waals surface area contributed by atoms with Crippen LogP contribution in [0.1, 0.15) is 10.4 Å². The number of fused-ring (bicyclic) bond motifs is 1. The van der Waals surface area contributed by atoms with Gasteiger partial charge in [0.15, 0.2) is 0 Å². The molecule has 0 atom stereocenters. The second-order valence-electron chi connectivity index (χ2n) is 6.78. The molecule has 0 spiro atoms. The van der Waals surface area contributed by atoms with Crippen LogP contribution in [0.25, 0.3) is 10.9 Å². The van der Waals surface area contributed by atoms with E-state index in [1.54, 1.807) is 7.11 Å². The Morgan fingerprint density at radius 3 is 2.58 bits per heavy atom. The van der Waals surface area contributed by atoms with Gasteiger partial charge in [-0.3, -0.25) is 4.79 Å². The fraction of sp³-hybridized carbons (Fsp3) is 0.286. The van der Waals surface area contributed by atoms with Gasteiger partial charge in [0, 0.05) is 28.4 Å². The molecule has 4 rings (SSSR count). The van der Waals surface area contributed by atoms with Crippen LogP contribution < -0.4 is 14.5 Å². The molecule has 0 saturated carbocycles. The van der Waals surface area contributed by atoms with Crippen molar-refractivity contribution in [3.05, 3.63) is 60.3 Å². The van der Waals surface area contributed by atoms with E-state index in [0.717, 1.165) is 48.4 Å². The molecule has 2 heterocycles. The molecule has 1 aliphatic heterocycles. The molecule has 1 saturated heterocycles. The zero-order chi connectivity index (χ0) is 17.9. The largest absolute Gasteiger partial charge is 0.497 e. The number of carbonyl (C=O) groups is 1. The minimum atomic E-state index is 0.218. The highest BCUT2D eigenvalue weighted by Crippen LogP contribution is 2.19. The van der Waals surface area contributed by atoms with Crippen molar-refractivity contribution in [1.82, 2.24) is 4.98 Å². The van der Waals surface area contributed by atoms with Crippen LogP contribution in [-0.4, -0.2) is 50.6 Å². The van der Waals surface area contributed by atoms with Crippen molar-refractivity contribution in [2.24, 2.45) is 0 Å². The maximum Gasteiger partial charge on any atom is 0.219 e. The SMILES string of the molecule is COc1ccc(N2CC[NH+](CC(=O)c3c[nH]c4ccccc34)CC2)cc1. The molecule has 0 bridgehead atoms. The Morgan fingerprint density at radius 2 is 1.85 bits per heavy atom. The Balaban J connectivity index is 1.36. The van der Waals surface area contributed by atoms with Crippen molar-refractivity contribution < 1.29 is 14.4 Å². The molecule has 26 heavy (non-hydrogen) atoms. The van der Waals surface area contributed by atoms with Crippen LogP contribution in [0.3, 0.4) is 0 Å². The highest BCUT2D eigenvalue weighted by molar-refractivity contribution is 6.08. The number of hydrogen-bond acceptors (Lipinski definition) is 3. The Morgan fingerprint density at radius 1 is 1.12 bits per heavy atom. The molecule has 1 aromatic heterocycles. The minimum Gasteiger partial charge on any atom is -0.497 e. The topological polar surface area (TPSA) is 49.8 Å². The van der Waals surface area contributed by atoms with E-state index >= 15 is 0 Å². The number of aromatic nitrogens is 1. The maximum atomic E-state index is 12.7. The van der Waals surface area contributed by atoms with Crippen LogP contribution in [0.4, 0.5) is 5.69 Å². The fourth-order valence-electron chi connectivity index (χ4n) is 3.68. The highest BCUT2D eigenvalue weighted by atomic mass is 16.5. The number of methoxy groups -OCH3 is 1. The molecule has 2 aromatic carbocycles. The number of nitrogens with one attached hydrogen (secondary N) is 2. The van der Waals surface area contributed by atoms with Gasteiger partial charge < -0.3 is 19.5 Å². The van der Waals surface area contributed by atoms with Gasteiger partial charge in [0.05, 0.1) is 33.3 Å². The van der Waals surface area contributed by atoms with E-state index in [1.807, 2.05) is 42.6 Å². The van der Waals surface area contributed by atoms with E-state index in [-0.39, 0.29) is 5.78 Å². The number of para-hydroxylation sites is 1. The van der Waals surface area contributed by atoms with Gasteiger partial charge in [-0.2, -0.15) is 0 Å². The van der Waals surface area contributed by atoms with Crippen LogP contribution >= 0.6 is 0 Å². The normalized spacial score (nSPS) is 15.3. The standard InChI is InChI=1S/C21H23N3O2/c1-26-17-8-6-16(7-9-17)24-12-10-23(11-13-24)15-21(25)19-14-22-20-5-3-2-4-18(19)20/h2-9,14,22H,10-13,15H2,1H3/p+1. The number of carbonyl (C=O) groups excluding carboxylic acids is 1. The maximum absolute atomic E-state index is 12.7. The summed E-state index contributed by atoms with van der Waals surface area (Å²) in [6, 6.07) is 16.2. The van der Waals surface area contributed by atoms with Gasteiger partial charge in [0.2, 0.25) is 5.78 Å². The van der Waals surface area contributed by atoms with Crippen molar-refractivity contribution in [2.75, 3.05) is 44.7 Å². The summed E-state index contributed by atoms with van der Waals surface area (Å²) >= 11 is 0. The summed E-state index contributed by atoms with van der Waals surface area (Å²) in [6.45, 7) is 4.42. The van der Waals surface area contributed by atoms with Crippen LogP contribution in [0.15, 0.2) is 54.7 Å². The van der Waals surface area contributed by atoms with Gasteiger partial charge >= 0.3 is 0 Å². The lowest BCUT2D eigenvalue weighted by atomic mass is 10.1. The van der Waals surface area contributed by atoms with E-state index in [4.69, 9.17) is 4.74 Å². The van der Waals surface area contributed by atoms with Gasteiger partial charge in [0.25, 0.3) is 0 Å². The number of hydrogen-bond donors (Lipinski definition) is 2. The average Bonchev–Trinajstić information content (AvgIpc) is 3.13. The molecule has 1 aliphatic rings. The first-order valence-electron chi connectivity index (χ1n) is 9.06. The molecule has 0 radical (unpaired) electrons. The Hall–Kier alpha value is -2.79. The summed E-state index contributed by atoms with van der Waals surface area (Å²) in [7, 11) is 1.68. The number of nitrogens with zero attached hydrogens (tertiary/aromatic N) is 1. The molecule has 134 valence electrons. The summed E-state index contributed by atoms with van der Waals surface area (Å²) in [4.78, 5) is 19.7. The Kier molecular flexibility index (Phi) is 4.63. The van der Waals surface area contributed by atoms with Crippen LogP contribution in [-0.2, 0) is 0 Å². The molecule has 0 amide bonds. The average molecular weight is 350 g/mol. The summed E-state index contributed by atoms with van der Waals surface area (Å²) in [5.74, 6) is 1.10. The Bertz CT molecular complexity index is 893. The zero-order valence-electron chi connectivity index (χ0n) is 15.0. The molecule has 3 aromatic rings. The summed E-state index contributed by atoms with van der Waals surface area (Å²) in [5, 5.41) is 1.02. The number of ketones is 1. The number of benzene rings is 2. The smallest absolute Gasteiger partial charge is 0.219 e. The van der Waals surface area contributed by atoms with E-state index in [2.05, 4.69) is 22.0 Å². The van der Waals surface area contributed by atoms with Crippen LogP contribution in [0.5, 0.6) is 5.75 Å². The minimum absolute atomic E-state index is 0.218. The van der Waals surface area contributed by atoms with Gasteiger partial charge in [-0.05, 0) is 30.3 Å². The second kappa shape index (κ2) is 7.22. The number of rotatable bonds is 5. The number of ether oxygens (including phenoxy) is 1. The van der Waals surface area contributed by atoms with E-state index < -0.39 is 0 Å².